The van der Waals surface area contributed by atoms with Crippen LogP contribution in [0.1, 0.15) is 0 Å². The van der Waals surface area contributed by atoms with E-state index in [0.717, 1.165) is 12.1 Å². The van der Waals surface area contributed by atoms with Crippen LogP contribution in [0.5, 0.6) is 11.5 Å². The van der Waals surface area contributed by atoms with Crippen molar-refractivity contribution >= 4 is 17.7 Å². The third kappa shape index (κ3) is 3.48. The molecule has 10 heteroatoms. The Bertz CT molecular complexity index is 580. The molecule has 1 aromatic carbocycles. The van der Waals surface area contributed by atoms with Gasteiger partial charge in [0.25, 0.3) is 0 Å². The van der Waals surface area contributed by atoms with E-state index in [1.54, 1.807) is 0 Å². The predicted molar refractivity (Wildman–Crippen MR) is 63.3 cm³/mol. The van der Waals surface area contributed by atoms with Crippen LogP contribution in [0.25, 0.3) is 0 Å². The van der Waals surface area contributed by atoms with Crippen LogP contribution in [-0.2, 0) is 4.79 Å². The number of ether oxygens (including phenoxy) is 2. The monoisotopic (exact) mass is 304 g/mol. The minimum Gasteiger partial charge on any atom is -0.480 e. The average Bonchev–Trinajstić information content (AvgIpc) is 2.68. The maximum absolute atomic E-state index is 12.8. The number of carboxylic acids is 1. The van der Waals surface area contributed by atoms with Gasteiger partial charge in [-0.25, -0.2) is 9.59 Å². The van der Waals surface area contributed by atoms with Crippen molar-refractivity contribution in [3.05, 3.63) is 18.2 Å². The largest absolute Gasteiger partial charge is 0.586 e. The molecule has 0 spiro atoms. The highest BCUT2D eigenvalue weighted by Gasteiger charge is 2.43. The highest BCUT2D eigenvalue weighted by Crippen LogP contribution is 2.42. The minimum absolute atomic E-state index is 0.0784. The van der Waals surface area contributed by atoms with Gasteiger partial charge in [0, 0.05) is 11.8 Å². The summed E-state index contributed by atoms with van der Waals surface area (Å²) in [6.07, 6.45) is -3.77. The molecule has 2 amide bonds. The van der Waals surface area contributed by atoms with Gasteiger partial charge in [-0.1, -0.05) is 0 Å². The van der Waals surface area contributed by atoms with Crippen molar-refractivity contribution in [1.29, 1.82) is 0 Å². The molecule has 1 aromatic rings. The highest BCUT2D eigenvalue weighted by atomic mass is 19.3. The van der Waals surface area contributed by atoms with Crippen LogP contribution in [0.3, 0.4) is 0 Å². The molecule has 21 heavy (non-hydrogen) atoms. The van der Waals surface area contributed by atoms with E-state index in [2.05, 4.69) is 14.8 Å². The zero-order valence-electron chi connectivity index (χ0n) is 10.3. The number of urea groups is 1. The number of carbonyl (C=O) groups excluding carboxylic acids is 1. The van der Waals surface area contributed by atoms with Crippen molar-refractivity contribution in [2.24, 2.45) is 0 Å². The molecule has 0 aliphatic carbocycles. The first-order chi connectivity index (χ1) is 9.80. The summed E-state index contributed by atoms with van der Waals surface area (Å²) in [5.41, 5.74) is 0.0784. The highest BCUT2D eigenvalue weighted by molar-refractivity contribution is 5.92. The van der Waals surface area contributed by atoms with Crippen LogP contribution < -0.4 is 20.1 Å². The number of aliphatic hydroxyl groups is 1. The first-order valence-corrected chi connectivity index (χ1v) is 5.62. The summed E-state index contributed by atoms with van der Waals surface area (Å²) in [6.45, 7) is -0.796. The number of hydrogen-bond acceptors (Lipinski definition) is 5. The topological polar surface area (TPSA) is 117 Å². The van der Waals surface area contributed by atoms with Gasteiger partial charge in [0.2, 0.25) is 0 Å². The molecule has 1 aliphatic heterocycles. The van der Waals surface area contributed by atoms with Crippen molar-refractivity contribution in [2.45, 2.75) is 12.3 Å². The number of halogens is 2. The lowest BCUT2D eigenvalue weighted by Gasteiger charge is -2.12. The average molecular weight is 304 g/mol. The van der Waals surface area contributed by atoms with Gasteiger partial charge < -0.3 is 30.3 Å². The van der Waals surface area contributed by atoms with E-state index in [-0.39, 0.29) is 17.2 Å². The Morgan fingerprint density at radius 2 is 1.95 bits per heavy atom. The lowest BCUT2D eigenvalue weighted by molar-refractivity contribution is -0.286. The Morgan fingerprint density at radius 3 is 2.57 bits per heavy atom. The first kappa shape index (κ1) is 14.8. The Hall–Kier alpha value is -2.62. The van der Waals surface area contributed by atoms with Crippen molar-refractivity contribution < 1.29 is 38.1 Å². The Balaban J connectivity index is 2.02. The SMILES string of the molecule is O=C(Nc1ccc2c(c1)OC(F)(F)O2)NC(CO)C(=O)O. The third-order valence-electron chi connectivity index (χ3n) is 2.45. The van der Waals surface area contributed by atoms with E-state index in [9.17, 15) is 18.4 Å². The van der Waals surface area contributed by atoms with Gasteiger partial charge in [-0.15, -0.1) is 8.78 Å². The number of hydrogen-bond donors (Lipinski definition) is 4. The van der Waals surface area contributed by atoms with E-state index < -0.39 is 30.9 Å². The Labute approximate surface area is 116 Å². The molecule has 1 unspecified atom stereocenters. The van der Waals surface area contributed by atoms with Crippen molar-refractivity contribution in [1.82, 2.24) is 5.32 Å². The van der Waals surface area contributed by atoms with E-state index in [1.807, 2.05) is 5.32 Å². The summed E-state index contributed by atoms with van der Waals surface area (Å²) < 4.78 is 34.0. The molecule has 0 fully saturated rings. The van der Waals surface area contributed by atoms with Gasteiger partial charge in [0.1, 0.15) is 0 Å². The Kier molecular flexibility index (Phi) is 3.80. The van der Waals surface area contributed by atoms with Crippen molar-refractivity contribution in [3.8, 4) is 11.5 Å². The van der Waals surface area contributed by atoms with Gasteiger partial charge in [0.15, 0.2) is 17.5 Å². The fraction of sp³-hybridized carbons (Fsp3) is 0.273. The zero-order valence-corrected chi connectivity index (χ0v) is 10.3. The Morgan fingerprint density at radius 1 is 1.29 bits per heavy atom. The summed E-state index contributed by atoms with van der Waals surface area (Å²) in [7, 11) is 0. The van der Waals surface area contributed by atoms with Crippen molar-refractivity contribution in [2.75, 3.05) is 11.9 Å². The van der Waals surface area contributed by atoms with Crippen LogP contribution in [0.4, 0.5) is 19.3 Å². The number of anilines is 1. The quantitative estimate of drug-likeness (QED) is 0.646. The number of aliphatic carboxylic acids is 1. The fourth-order valence-corrected chi connectivity index (χ4v) is 1.54. The number of fused-ring (bicyclic) bond motifs is 1. The molecule has 1 heterocycles. The van der Waals surface area contributed by atoms with E-state index in [0.29, 0.717) is 0 Å². The number of nitrogens with one attached hydrogen (secondary N) is 2. The summed E-state index contributed by atoms with van der Waals surface area (Å²) in [4.78, 5) is 22.1. The third-order valence-corrected chi connectivity index (χ3v) is 2.45. The number of aliphatic hydroxyl groups excluding tert-OH is 1. The molecule has 8 nitrogen and oxygen atoms in total. The lowest BCUT2D eigenvalue weighted by Crippen LogP contribution is -2.45. The molecule has 0 radical (unpaired) electrons. The first-order valence-electron chi connectivity index (χ1n) is 5.62. The molecular formula is C11H10F2N2O6. The van der Waals surface area contributed by atoms with Crippen LogP contribution in [-0.4, -0.2) is 41.2 Å². The summed E-state index contributed by atoms with van der Waals surface area (Å²) in [5.74, 6) is -1.88. The number of alkyl halides is 2. The van der Waals surface area contributed by atoms with Gasteiger partial charge in [-0.2, -0.15) is 0 Å². The van der Waals surface area contributed by atoms with E-state index >= 15 is 0 Å². The van der Waals surface area contributed by atoms with E-state index in [1.165, 1.54) is 6.07 Å². The molecule has 0 aromatic heterocycles. The molecule has 4 N–H and O–H groups in total. The smallest absolute Gasteiger partial charge is 0.480 e. The number of carbonyl (C=O) groups is 2. The molecular weight excluding hydrogens is 294 g/mol. The lowest BCUT2D eigenvalue weighted by atomic mass is 10.3. The van der Waals surface area contributed by atoms with Crippen molar-refractivity contribution in [3.63, 3.8) is 0 Å². The molecule has 0 saturated carbocycles. The van der Waals surface area contributed by atoms with Gasteiger partial charge in [-0.05, 0) is 12.1 Å². The summed E-state index contributed by atoms with van der Waals surface area (Å²) in [6, 6.07) is 1.10. The number of rotatable bonds is 4. The second-order valence-corrected chi connectivity index (χ2v) is 4.00. The van der Waals surface area contributed by atoms with Crippen LogP contribution >= 0.6 is 0 Å². The predicted octanol–water partition coefficient (Wildman–Crippen LogP) is 0.575. The normalized spacial score (nSPS) is 16.1. The van der Waals surface area contributed by atoms with Crippen LogP contribution in [0.2, 0.25) is 0 Å². The second-order valence-electron chi connectivity index (χ2n) is 4.00. The van der Waals surface area contributed by atoms with Gasteiger partial charge in [-0.3, -0.25) is 0 Å². The molecule has 0 bridgehead atoms. The summed E-state index contributed by atoms with van der Waals surface area (Å²) in [5, 5.41) is 21.6. The van der Waals surface area contributed by atoms with Crippen LogP contribution in [0, 0.1) is 0 Å². The van der Waals surface area contributed by atoms with Gasteiger partial charge >= 0.3 is 18.3 Å². The fourth-order valence-electron chi connectivity index (χ4n) is 1.54. The summed E-state index contributed by atoms with van der Waals surface area (Å²) >= 11 is 0. The van der Waals surface area contributed by atoms with Gasteiger partial charge in [0.05, 0.1) is 6.61 Å². The van der Waals surface area contributed by atoms with Crippen LogP contribution in [0.15, 0.2) is 18.2 Å². The second kappa shape index (κ2) is 5.40. The molecule has 0 saturated heterocycles. The maximum atomic E-state index is 12.8. The maximum Gasteiger partial charge on any atom is 0.586 e. The molecule has 1 aliphatic rings. The molecule has 114 valence electrons. The standard InChI is InChI=1S/C11H10F2N2O6/c12-11(13)20-7-2-1-5(3-8(7)21-11)14-10(19)15-6(4-16)9(17)18/h1-3,6,16H,4H2,(H,17,18)(H2,14,15,19). The molecule has 2 rings (SSSR count). The molecule has 1 atom stereocenters. The number of amides is 2. The van der Waals surface area contributed by atoms with E-state index in [4.69, 9.17) is 10.2 Å². The number of benzene rings is 1. The zero-order chi connectivity index (χ0) is 15.6. The number of carboxylic acid groups (broad SMARTS) is 1. The minimum atomic E-state index is -3.77.